The van der Waals surface area contributed by atoms with E-state index < -0.39 is 60.2 Å². The summed E-state index contributed by atoms with van der Waals surface area (Å²) in [5, 5.41) is 25.3. The Hall–Kier alpha value is -3.47. The fourth-order valence-electron chi connectivity index (χ4n) is 3.10. The van der Waals surface area contributed by atoms with Crippen molar-refractivity contribution < 1.29 is 34.2 Å². The molecule has 0 fully saturated rings. The number of nitrogens with one attached hydrogen (secondary N) is 3. The van der Waals surface area contributed by atoms with Gasteiger partial charge in [-0.15, -0.1) is 0 Å². The molecule has 0 aliphatic carbocycles. The van der Waals surface area contributed by atoms with Gasteiger partial charge in [0.1, 0.15) is 18.1 Å². The van der Waals surface area contributed by atoms with Gasteiger partial charge in [-0.25, -0.2) is 0 Å². The van der Waals surface area contributed by atoms with E-state index in [1.807, 2.05) is 37.3 Å². The van der Waals surface area contributed by atoms with Crippen molar-refractivity contribution in [3.63, 3.8) is 0 Å². The Morgan fingerprint density at radius 2 is 1.53 bits per heavy atom. The molecule has 0 aromatic heterocycles. The number of carboxylic acids is 2. The second-order valence-electron chi connectivity index (χ2n) is 8.23. The Morgan fingerprint density at radius 3 is 2.06 bits per heavy atom. The van der Waals surface area contributed by atoms with E-state index in [2.05, 4.69) is 16.0 Å². The molecule has 0 bridgehead atoms. The Morgan fingerprint density at radius 1 is 0.912 bits per heavy atom. The maximum Gasteiger partial charge on any atom is 0.325 e. The summed E-state index contributed by atoms with van der Waals surface area (Å²) in [6.07, 6.45) is 0.0998. The van der Waals surface area contributed by atoms with E-state index in [1.165, 1.54) is 6.92 Å². The number of rotatable bonds is 14. The number of carboxylic acid groups (broad SMARTS) is 2. The molecule has 0 saturated carbocycles. The van der Waals surface area contributed by atoms with Gasteiger partial charge in [0.15, 0.2) is 0 Å². The molecule has 0 radical (unpaired) electrons. The summed E-state index contributed by atoms with van der Waals surface area (Å²) in [5.41, 5.74) is 6.88. The maximum absolute atomic E-state index is 13.0. The van der Waals surface area contributed by atoms with Crippen LogP contribution in [0, 0.1) is 5.92 Å². The predicted octanol–water partition coefficient (Wildman–Crippen LogP) is 0.0262. The highest BCUT2D eigenvalue weighted by atomic mass is 16.4. The Balaban J connectivity index is 2.95. The van der Waals surface area contributed by atoms with Crippen molar-refractivity contribution in [2.45, 2.75) is 70.6 Å². The van der Waals surface area contributed by atoms with Gasteiger partial charge < -0.3 is 31.9 Å². The van der Waals surface area contributed by atoms with E-state index in [4.69, 9.17) is 15.9 Å². The van der Waals surface area contributed by atoms with E-state index in [0.29, 0.717) is 6.42 Å². The summed E-state index contributed by atoms with van der Waals surface area (Å²) in [6, 6.07) is 4.66. The lowest BCUT2D eigenvalue weighted by molar-refractivity contribution is -0.142. The first-order valence-corrected chi connectivity index (χ1v) is 11.1. The minimum absolute atomic E-state index is 0.256. The van der Waals surface area contributed by atoms with Crippen LogP contribution in [-0.4, -0.2) is 64.0 Å². The number of nitrogens with two attached hydrogens (primary N) is 1. The molecule has 7 N–H and O–H groups in total. The first kappa shape index (κ1) is 28.6. The van der Waals surface area contributed by atoms with Crippen LogP contribution in [0.3, 0.4) is 0 Å². The van der Waals surface area contributed by atoms with Crippen LogP contribution >= 0.6 is 0 Å². The molecule has 1 aromatic carbocycles. The lowest BCUT2D eigenvalue weighted by Crippen LogP contribution is -2.58. The molecule has 0 saturated heterocycles. The van der Waals surface area contributed by atoms with Gasteiger partial charge in [0, 0.05) is 6.42 Å². The molecule has 5 unspecified atom stereocenters. The number of carbonyl (C=O) groups excluding carboxylic acids is 3. The van der Waals surface area contributed by atoms with Crippen LogP contribution in [0.25, 0.3) is 0 Å². The quantitative estimate of drug-likeness (QED) is 0.216. The molecule has 34 heavy (non-hydrogen) atoms. The fourth-order valence-corrected chi connectivity index (χ4v) is 3.10. The molecule has 0 aliphatic rings. The second kappa shape index (κ2) is 13.9. The molecular weight excluding hydrogens is 444 g/mol. The number of hydrogen-bond acceptors (Lipinski definition) is 6. The monoisotopic (exact) mass is 478 g/mol. The Bertz CT molecular complexity index is 862. The Labute approximate surface area is 198 Å². The van der Waals surface area contributed by atoms with E-state index in [0.717, 1.165) is 5.56 Å². The standard InChI is InChI=1S/C23H34N4O7/c1-4-13(2)19(27-20(30)16(24)12-15-8-6-5-7-9-15)22(32)26-17(10-11-18(28)29)21(31)25-14(3)23(33)34/h5-9,13-14,16-17,19H,4,10-12,24H2,1-3H3,(H,25,31)(H,26,32)(H,27,30)(H,28,29)(H,33,34). The van der Waals surface area contributed by atoms with Gasteiger partial charge in [-0.1, -0.05) is 50.6 Å². The number of carbonyl (C=O) groups is 5. The van der Waals surface area contributed by atoms with Gasteiger partial charge in [0.05, 0.1) is 6.04 Å². The van der Waals surface area contributed by atoms with Gasteiger partial charge in [-0.05, 0) is 31.2 Å². The van der Waals surface area contributed by atoms with Crippen molar-refractivity contribution >= 4 is 29.7 Å². The van der Waals surface area contributed by atoms with Gasteiger partial charge in [0.25, 0.3) is 0 Å². The van der Waals surface area contributed by atoms with E-state index >= 15 is 0 Å². The molecule has 1 rings (SSSR count). The molecule has 11 nitrogen and oxygen atoms in total. The fraction of sp³-hybridized carbons (Fsp3) is 0.522. The van der Waals surface area contributed by atoms with Crippen LogP contribution in [-0.2, 0) is 30.4 Å². The summed E-state index contributed by atoms with van der Waals surface area (Å²) in [6.45, 7) is 4.81. The molecule has 188 valence electrons. The van der Waals surface area contributed by atoms with Crippen molar-refractivity contribution in [2.24, 2.45) is 11.7 Å². The average Bonchev–Trinajstić information content (AvgIpc) is 2.79. The SMILES string of the molecule is CCC(C)C(NC(=O)C(N)Cc1ccccc1)C(=O)NC(CCC(=O)O)C(=O)NC(C)C(=O)O. The summed E-state index contributed by atoms with van der Waals surface area (Å²) in [5.74, 6) is -4.86. The summed E-state index contributed by atoms with van der Waals surface area (Å²) in [4.78, 5) is 60.3. The Kier molecular flexibility index (Phi) is 11.7. The third-order valence-corrected chi connectivity index (χ3v) is 5.44. The van der Waals surface area contributed by atoms with Gasteiger partial charge in [-0.2, -0.15) is 0 Å². The summed E-state index contributed by atoms with van der Waals surface area (Å²) in [7, 11) is 0. The lowest BCUT2D eigenvalue weighted by atomic mass is 9.96. The number of benzene rings is 1. The van der Waals surface area contributed by atoms with Crippen LogP contribution in [0.15, 0.2) is 30.3 Å². The smallest absolute Gasteiger partial charge is 0.325 e. The van der Waals surface area contributed by atoms with Crippen LogP contribution in [0.2, 0.25) is 0 Å². The summed E-state index contributed by atoms with van der Waals surface area (Å²) >= 11 is 0. The average molecular weight is 479 g/mol. The second-order valence-corrected chi connectivity index (χ2v) is 8.23. The zero-order valence-electron chi connectivity index (χ0n) is 19.6. The number of amides is 3. The normalized spacial score (nSPS) is 15.2. The third-order valence-electron chi connectivity index (χ3n) is 5.44. The molecule has 0 spiro atoms. The van der Waals surface area contributed by atoms with Crippen molar-refractivity contribution in [3.05, 3.63) is 35.9 Å². The van der Waals surface area contributed by atoms with E-state index in [9.17, 15) is 24.0 Å². The minimum Gasteiger partial charge on any atom is -0.481 e. The largest absolute Gasteiger partial charge is 0.481 e. The van der Waals surface area contributed by atoms with Crippen molar-refractivity contribution in [1.82, 2.24) is 16.0 Å². The predicted molar refractivity (Wildman–Crippen MR) is 124 cm³/mol. The third kappa shape index (κ3) is 9.57. The van der Waals surface area contributed by atoms with Gasteiger partial charge >= 0.3 is 11.9 Å². The lowest BCUT2D eigenvalue weighted by Gasteiger charge is -2.27. The van der Waals surface area contributed by atoms with Gasteiger partial charge in [0.2, 0.25) is 17.7 Å². The van der Waals surface area contributed by atoms with Crippen LogP contribution in [0.1, 0.15) is 45.6 Å². The van der Waals surface area contributed by atoms with Crippen LogP contribution < -0.4 is 21.7 Å². The molecule has 11 heteroatoms. The van der Waals surface area contributed by atoms with Crippen LogP contribution in [0.4, 0.5) is 0 Å². The molecular formula is C23H34N4O7. The van der Waals surface area contributed by atoms with Crippen molar-refractivity contribution in [1.29, 1.82) is 0 Å². The van der Waals surface area contributed by atoms with E-state index in [-0.39, 0.29) is 18.8 Å². The van der Waals surface area contributed by atoms with Gasteiger partial charge in [-0.3, -0.25) is 24.0 Å². The van der Waals surface area contributed by atoms with E-state index in [1.54, 1.807) is 6.92 Å². The maximum atomic E-state index is 13.0. The highest BCUT2D eigenvalue weighted by Gasteiger charge is 2.32. The van der Waals surface area contributed by atoms with Crippen molar-refractivity contribution in [2.75, 3.05) is 0 Å². The first-order valence-electron chi connectivity index (χ1n) is 11.1. The van der Waals surface area contributed by atoms with Crippen LogP contribution in [0.5, 0.6) is 0 Å². The number of hydrogen-bond donors (Lipinski definition) is 6. The topological polar surface area (TPSA) is 188 Å². The molecule has 0 heterocycles. The summed E-state index contributed by atoms with van der Waals surface area (Å²) < 4.78 is 0. The molecule has 0 aliphatic heterocycles. The highest BCUT2D eigenvalue weighted by molar-refractivity contribution is 5.94. The zero-order chi connectivity index (χ0) is 25.8. The first-order chi connectivity index (χ1) is 16.0. The molecule has 5 atom stereocenters. The van der Waals surface area contributed by atoms with Crippen molar-refractivity contribution in [3.8, 4) is 0 Å². The highest BCUT2D eigenvalue weighted by Crippen LogP contribution is 2.11. The zero-order valence-corrected chi connectivity index (χ0v) is 19.6. The number of aliphatic carboxylic acids is 2. The molecule has 3 amide bonds. The minimum atomic E-state index is -1.30. The molecule has 1 aromatic rings.